The Balaban J connectivity index is 1.98. The lowest BCUT2D eigenvalue weighted by atomic mass is 9.95. The summed E-state index contributed by atoms with van der Waals surface area (Å²) in [6.07, 6.45) is 8.34. The van der Waals surface area contributed by atoms with Crippen molar-refractivity contribution in [3.05, 3.63) is 18.0 Å². The molecule has 2 aromatic rings. The Morgan fingerprint density at radius 3 is 2.78 bits per heavy atom. The Morgan fingerprint density at radius 2 is 2.11 bits per heavy atom. The summed E-state index contributed by atoms with van der Waals surface area (Å²) in [6.45, 7) is 2.09. The van der Waals surface area contributed by atoms with E-state index in [1.807, 2.05) is 12.4 Å². The first kappa shape index (κ1) is 11.7. The molecule has 2 heterocycles. The summed E-state index contributed by atoms with van der Waals surface area (Å²) < 4.78 is 2.25. The highest BCUT2D eigenvalue weighted by Gasteiger charge is 2.21. The topological polar surface area (TPSA) is 56.7 Å². The van der Waals surface area contributed by atoms with Crippen LogP contribution in [0.5, 0.6) is 0 Å². The minimum absolute atomic E-state index is 0.562. The number of hydrogen-bond donors (Lipinski definition) is 1. The van der Waals surface area contributed by atoms with Crippen LogP contribution in [0.4, 0.5) is 5.00 Å². The zero-order valence-corrected chi connectivity index (χ0v) is 11.4. The average molecular weight is 262 g/mol. The smallest absolute Gasteiger partial charge is 0.174 e. The molecule has 1 fully saturated rings. The monoisotopic (exact) mass is 262 g/mol. The molecule has 0 amide bonds. The van der Waals surface area contributed by atoms with Gasteiger partial charge in [-0.15, -0.1) is 21.5 Å². The number of nitrogens with two attached hydrogens (primary N) is 1. The highest BCUT2D eigenvalue weighted by molar-refractivity contribution is 7.19. The van der Waals surface area contributed by atoms with E-state index in [9.17, 15) is 0 Å². The van der Waals surface area contributed by atoms with Gasteiger partial charge in [0.25, 0.3) is 0 Å². The SMILES string of the molecule is Cc1cc(N)sc1-c1nncn1C1CCCCC1. The minimum atomic E-state index is 0.562. The third-order valence-electron chi connectivity index (χ3n) is 3.68. The van der Waals surface area contributed by atoms with E-state index in [0.717, 1.165) is 15.7 Å². The van der Waals surface area contributed by atoms with Crippen LogP contribution in [0.3, 0.4) is 0 Å². The molecule has 1 saturated carbocycles. The van der Waals surface area contributed by atoms with Crippen molar-refractivity contribution in [1.29, 1.82) is 0 Å². The van der Waals surface area contributed by atoms with E-state index in [4.69, 9.17) is 5.73 Å². The summed E-state index contributed by atoms with van der Waals surface area (Å²) in [7, 11) is 0. The van der Waals surface area contributed by atoms with E-state index in [2.05, 4.69) is 21.7 Å². The molecular weight excluding hydrogens is 244 g/mol. The Morgan fingerprint density at radius 1 is 1.33 bits per heavy atom. The molecule has 0 aliphatic heterocycles. The first-order valence-corrected chi connectivity index (χ1v) is 7.33. The van der Waals surface area contributed by atoms with Crippen molar-refractivity contribution in [1.82, 2.24) is 14.8 Å². The van der Waals surface area contributed by atoms with Gasteiger partial charge in [0.2, 0.25) is 0 Å². The fourth-order valence-corrected chi connectivity index (χ4v) is 3.69. The number of rotatable bonds is 2. The molecule has 96 valence electrons. The molecule has 4 nitrogen and oxygen atoms in total. The molecule has 0 spiro atoms. The molecule has 0 bridgehead atoms. The van der Waals surface area contributed by atoms with Gasteiger partial charge in [0, 0.05) is 6.04 Å². The molecule has 1 aliphatic rings. The van der Waals surface area contributed by atoms with Crippen LogP contribution in [0.25, 0.3) is 10.7 Å². The van der Waals surface area contributed by atoms with Gasteiger partial charge in [-0.25, -0.2) is 0 Å². The number of thiophene rings is 1. The van der Waals surface area contributed by atoms with Crippen molar-refractivity contribution in [2.24, 2.45) is 0 Å². The summed E-state index contributed by atoms with van der Waals surface area (Å²) >= 11 is 1.60. The summed E-state index contributed by atoms with van der Waals surface area (Å²) in [5, 5.41) is 9.25. The fourth-order valence-electron chi connectivity index (χ4n) is 2.76. The van der Waals surface area contributed by atoms with E-state index >= 15 is 0 Å². The molecule has 0 atom stereocenters. The second kappa shape index (κ2) is 4.72. The zero-order valence-electron chi connectivity index (χ0n) is 10.6. The van der Waals surface area contributed by atoms with E-state index in [-0.39, 0.29) is 0 Å². The molecule has 1 aliphatic carbocycles. The Hall–Kier alpha value is -1.36. The summed E-state index contributed by atoms with van der Waals surface area (Å²) in [5.74, 6) is 0.987. The lowest BCUT2D eigenvalue weighted by Crippen LogP contribution is -2.13. The molecule has 0 unspecified atom stereocenters. The van der Waals surface area contributed by atoms with Gasteiger partial charge in [0.1, 0.15) is 6.33 Å². The highest BCUT2D eigenvalue weighted by atomic mass is 32.1. The van der Waals surface area contributed by atoms with E-state index < -0.39 is 0 Å². The van der Waals surface area contributed by atoms with Crippen molar-refractivity contribution in [2.45, 2.75) is 45.1 Å². The predicted molar refractivity (Wildman–Crippen MR) is 74.6 cm³/mol. The number of aryl methyl sites for hydroxylation is 1. The van der Waals surface area contributed by atoms with E-state index in [1.54, 1.807) is 11.3 Å². The lowest BCUT2D eigenvalue weighted by Gasteiger charge is -2.23. The van der Waals surface area contributed by atoms with Crippen LogP contribution in [0, 0.1) is 6.92 Å². The Labute approximate surface area is 111 Å². The summed E-state index contributed by atoms with van der Waals surface area (Å²) in [5.41, 5.74) is 7.07. The fraction of sp³-hybridized carbons (Fsp3) is 0.538. The Kier molecular flexibility index (Phi) is 3.07. The van der Waals surface area contributed by atoms with Gasteiger partial charge in [-0.05, 0) is 31.4 Å². The average Bonchev–Trinajstić information content (AvgIpc) is 2.96. The second-order valence-corrected chi connectivity index (χ2v) is 6.10. The maximum atomic E-state index is 5.88. The molecule has 0 aromatic carbocycles. The minimum Gasteiger partial charge on any atom is -0.391 e. The number of nitrogen functional groups attached to an aromatic ring is 1. The molecule has 2 N–H and O–H groups in total. The van der Waals surface area contributed by atoms with Crippen LogP contribution in [-0.4, -0.2) is 14.8 Å². The highest BCUT2D eigenvalue weighted by Crippen LogP contribution is 2.36. The van der Waals surface area contributed by atoms with Gasteiger partial charge in [-0.3, -0.25) is 0 Å². The van der Waals surface area contributed by atoms with Crippen LogP contribution < -0.4 is 5.73 Å². The van der Waals surface area contributed by atoms with Gasteiger partial charge in [-0.2, -0.15) is 0 Å². The quantitative estimate of drug-likeness (QED) is 0.902. The van der Waals surface area contributed by atoms with Crippen LogP contribution in [0.1, 0.15) is 43.7 Å². The number of hydrogen-bond acceptors (Lipinski definition) is 4. The third kappa shape index (κ3) is 2.03. The van der Waals surface area contributed by atoms with E-state index in [0.29, 0.717) is 6.04 Å². The lowest BCUT2D eigenvalue weighted by molar-refractivity contribution is 0.355. The molecule has 0 radical (unpaired) electrons. The van der Waals surface area contributed by atoms with Crippen molar-refractivity contribution in [3.8, 4) is 10.7 Å². The zero-order chi connectivity index (χ0) is 12.5. The Bertz CT molecular complexity index is 537. The standard InChI is InChI=1S/C13H18N4S/c1-9-7-11(14)18-12(9)13-16-15-8-17(13)10-5-3-2-4-6-10/h7-8,10H,2-6,14H2,1H3. The predicted octanol–water partition coefficient (Wildman–Crippen LogP) is 3.40. The summed E-state index contributed by atoms with van der Waals surface area (Å²) in [6, 6.07) is 2.58. The maximum Gasteiger partial charge on any atom is 0.174 e. The van der Waals surface area contributed by atoms with Crippen molar-refractivity contribution in [3.63, 3.8) is 0 Å². The van der Waals surface area contributed by atoms with Crippen LogP contribution in [-0.2, 0) is 0 Å². The maximum absolute atomic E-state index is 5.88. The van der Waals surface area contributed by atoms with Gasteiger partial charge < -0.3 is 10.3 Å². The van der Waals surface area contributed by atoms with Gasteiger partial charge in [-0.1, -0.05) is 19.3 Å². The van der Waals surface area contributed by atoms with Crippen molar-refractivity contribution in [2.75, 3.05) is 5.73 Å². The van der Waals surface area contributed by atoms with Crippen LogP contribution >= 0.6 is 11.3 Å². The first-order chi connectivity index (χ1) is 8.75. The molecule has 3 rings (SSSR count). The normalized spacial score (nSPS) is 17.2. The molecular formula is C13H18N4S. The largest absolute Gasteiger partial charge is 0.391 e. The number of nitrogens with zero attached hydrogens (tertiary/aromatic N) is 3. The number of aromatic nitrogens is 3. The molecule has 18 heavy (non-hydrogen) atoms. The second-order valence-electron chi connectivity index (χ2n) is 5.01. The van der Waals surface area contributed by atoms with Crippen LogP contribution in [0.2, 0.25) is 0 Å². The third-order valence-corrected chi connectivity index (χ3v) is 4.74. The van der Waals surface area contributed by atoms with Gasteiger partial charge >= 0.3 is 0 Å². The van der Waals surface area contributed by atoms with Gasteiger partial charge in [0.05, 0.1) is 9.88 Å². The van der Waals surface area contributed by atoms with Gasteiger partial charge in [0.15, 0.2) is 5.82 Å². The van der Waals surface area contributed by atoms with Crippen molar-refractivity contribution >= 4 is 16.3 Å². The molecule has 2 aromatic heterocycles. The number of anilines is 1. The first-order valence-electron chi connectivity index (χ1n) is 6.51. The summed E-state index contributed by atoms with van der Waals surface area (Å²) in [4.78, 5) is 1.16. The van der Waals surface area contributed by atoms with E-state index in [1.165, 1.54) is 37.7 Å². The molecule has 0 saturated heterocycles. The molecule has 5 heteroatoms. The van der Waals surface area contributed by atoms with Crippen molar-refractivity contribution < 1.29 is 0 Å². The van der Waals surface area contributed by atoms with Crippen LogP contribution in [0.15, 0.2) is 12.4 Å².